The van der Waals surface area contributed by atoms with Crippen LogP contribution in [0.1, 0.15) is 77.6 Å². The van der Waals surface area contributed by atoms with Crippen LogP contribution >= 0.6 is 0 Å². The highest BCUT2D eigenvalue weighted by molar-refractivity contribution is 6.37. The molecule has 0 bridgehead atoms. The summed E-state index contributed by atoms with van der Waals surface area (Å²) in [5, 5.41) is 0. The number of unbranched alkanes of at least 4 members (excludes halogenated alkanes) is 5. The second-order valence-corrected chi connectivity index (χ2v) is 5.41. The number of rotatable bonds is 8. The maximum Gasteiger partial charge on any atom is 0.124 e. The van der Waals surface area contributed by atoms with Gasteiger partial charge >= 0.3 is 0 Å². The van der Waals surface area contributed by atoms with E-state index in [4.69, 9.17) is 0 Å². The molecule has 1 heteroatoms. The fourth-order valence-electron chi connectivity index (χ4n) is 2.87. The lowest BCUT2D eigenvalue weighted by Crippen LogP contribution is -2.07. The zero-order valence-electron chi connectivity index (χ0n) is 10.8. The maximum atomic E-state index is 2.29. The fourth-order valence-corrected chi connectivity index (χ4v) is 2.87. The van der Waals surface area contributed by atoms with Gasteiger partial charge in [-0.05, 0) is 0 Å². The summed E-state index contributed by atoms with van der Waals surface area (Å²) in [6.07, 6.45) is 17.9. The van der Waals surface area contributed by atoms with Crippen LogP contribution in [-0.4, -0.2) is 7.28 Å². The van der Waals surface area contributed by atoms with E-state index in [9.17, 15) is 0 Å². The molecule has 0 saturated heterocycles. The van der Waals surface area contributed by atoms with Crippen molar-refractivity contribution in [1.29, 1.82) is 0 Å². The van der Waals surface area contributed by atoms with Gasteiger partial charge in [-0.15, -0.1) is 0 Å². The maximum absolute atomic E-state index is 2.29. The first-order chi connectivity index (χ1) is 7.43. The first-order valence-corrected chi connectivity index (χ1v) is 7.43. The van der Waals surface area contributed by atoms with E-state index in [0.29, 0.717) is 0 Å². The molecule has 1 aliphatic carbocycles. The first kappa shape index (κ1) is 13.1. The number of hydrogen-bond donors (Lipinski definition) is 0. The van der Waals surface area contributed by atoms with Crippen molar-refractivity contribution in [3.8, 4) is 0 Å². The molecule has 0 unspecified atom stereocenters. The molecule has 0 spiro atoms. The molecule has 1 rings (SSSR count). The summed E-state index contributed by atoms with van der Waals surface area (Å²) in [6.45, 7) is 2.29. The Kier molecular flexibility index (Phi) is 8.14. The van der Waals surface area contributed by atoms with E-state index < -0.39 is 0 Å². The Bertz CT molecular complexity index is 127. The molecule has 0 aliphatic heterocycles. The van der Waals surface area contributed by atoms with E-state index in [1.165, 1.54) is 84.2 Å². The molecule has 0 N–H and O–H groups in total. The Morgan fingerprint density at radius 2 is 1.53 bits per heavy atom. The molecule has 0 aromatic rings. The smallest absolute Gasteiger partial charge is 0.0772 e. The van der Waals surface area contributed by atoms with E-state index in [1.807, 2.05) is 0 Å². The molecule has 1 aliphatic rings. The number of hydrogen-bond acceptors (Lipinski definition) is 0. The van der Waals surface area contributed by atoms with Crippen LogP contribution in [0.15, 0.2) is 0 Å². The van der Waals surface area contributed by atoms with Crippen molar-refractivity contribution in [3.63, 3.8) is 0 Å². The molecular formula is C14H29B. The van der Waals surface area contributed by atoms with Crippen molar-refractivity contribution < 1.29 is 0 Å². The van der Waals surface area contributed by atoms with Gasteiger partial charge in [0.1, 0.15) is 7.28 Å². The van der Waals surface area contributed by atoms with Gasteiger partial charge in [-0.25, -0.2) is 0 Å². The minimum Gasteiger partial charge on any atom is -0.0772 e. The van der Waals surface area contributed by atoms with Gasteiger partial charge in [0.2, 0.25) is 0 Å². The minimum absolute atomic E-state index is 1.11. The second kappa shape index (κ2) is 9.30. The van der Waals surface area contributed by atoms with Crippen molar-refractivity contribution in [2.24, 2.45) is 0 Å². The van der Waals surface area contributed by atoms with Gasteiger partial charge in [0.25, 0.3) is 0 Å². The second-order valence-electron chi connectivity index (χ2n) is 5.41. The highest BCUT2D eigenvalue weighted by Gasteiger charge is 2.13. The zero-order chi connectivity index (χ0) is 10.8. The lowest BCUT2D eigenvalue weighted by molar-refractivity contribution is 0.499. The summed E-state index contributed by atoms with van der Waals surface area (Å²) in [5.41, 5.74) is 0. The van der Waals surface area contributed by atoms with E-state index in [-0.39, 0.29) is 0 Å². The Morgan fingerprint density at radius 3 is 2.27 bits per heavy atom. The van der Waals surface area contributed by atoms with Crippen molar-refractivity contribution in [2.75, 3.05) is 0 Å². The van der Waals surface area contributed by atoms with Gasteiger partial charge in [0, 0.05) is 0 Å². The lowest BCUT2D eigenvalue weighted by Gasteiger charge is -2.20. The molecule has 0 amide bonds. The summed E-state index contributed by atoms with van der Waals surface area (Å²) in [6, 6.07) is 0. The largest absolute Gasteiger partial charge is 0.124 e. The quantitative estimate of drug-likeness (QED) is 0.391. The molecule has 15 heavy (non-hydrogen) atoms. The van der Waals surface area contributed by atoms with E-state index in [1.54, 1.807) is 0 Å². The van der Waals surface area contributed by atoms with Gasteiger partial charge in [0.15, 0.2) is 0 Å². The first-order valence-electron chi connectivity index (χ1n) is 7.43. The molecule has 0 atom stereocenters. The summed E-state index contributed by atoms with van der Waals surface area (Å²) < 4.78 is 0. The molecule has 0 nitrogen and oxygen atoms in total. The van der Waals surface area contributed by atoms with Gasteiger partial charge in [-0.2, -0.15) is 0 Å². The van der Waals surface area contributed by atoms with Crippen LogP contribution in [-0.2, 0) is 0 Å². The van der Waals surface area contributed by atoms with Crippen molar-refractivity contribution in [3.05, 3.63) is 0 Å². The Morgan fingerprint density at radius 1 is 0.867 bits per heavy atom. The predicted octanol–water partition coefficient (Wildman–Crippen LogP) is 4.95. The van der Waals surface area contributed by atoms with Gasteiger partial charge in [-0.1, -0.05) is 89.7 Å². The summed E-state index contributed by atoms with van der Waals surface area (Å²) in [7, 11) is 1.54. The SMILES string of the molecule is CCCCCCCCBC1CCCCC1. The van der Waals surface area contributed by atoms with E-state index in [0.717, 1.165) is 5.82 Å². The Labute approximate surface area is 97.5 Å². The third-order valence-corrected chi connectivity index (χ3v) is 3.94. The predicted molar refractivity (Wildman–Crippen MR) is 72.2 cm³/mol. The Balaban J connectivity index is 1.79. The molecule has 1 fully saturated rings. The monoisotopic (exact) mass is 208 g/mol. The van der Waals surface area contributed by atoms with Crippen LogP contribution < -0.4 is 0 Å². The van der Waals surface area contributed by atoms with E-state index in [2.05, 4.69) is 6.92 Å². The van der Waals surface area contributed by atoms with Gasteiger partial charge < -0.3 is 0 Å². The van der Waals surface area contributed by atoms with Crippen LogP contribution in [0.3, 0.4) is 0 Å². The van der Waals surface area contributed by atoms with Crippen LogP contribution in [0.4, 0.5) is 0 Å². The van der Waals surface area contributed by atoms with E-state index >= 15 is 0 Å². The van der Waals surface area contributed by atoms with Crippen LogP contribution in [0.25, 0.3) is 0 Å². The highest BCUT2D eigenvalue weighted by Crippen LogP contribution is 2.28. The van der Waals surface area contributed by atoms with Crippen LogP contribution in [0.2, 0.25) is 12.1 Å². The van der Waals surface area contributed by atoms with Crippen LogP contribution in [0, 0.1) is 0 Å². The van der Waals surface area contributed by atoms with Crippen molar-refractivity contribution in [1.82, 2.24) is 0 Å². The van der Waals surface area contributed by atoms with Gasteiger partial charge in [0.05, 0.1) is 0 Å². The average molecular weight is 208 g/mol. The zero-order valence-corrected chi connectivity index (χ0v) is 10.8. The molecule has 1 saturated carbocycles. The third kappa shape index (κ3) is 7.03. The molecular weight excluding hydrogens is 179 g/mol. The molecule has 0 radical (unpaired) electrons. The third-order valence-electron chi connectivity index (χ3n) is 3.94. The van der Waals surface area contributed by atoms with Crippen molar-refractivity contribution in [2.45, 2.75) is 89.7 Å². The fraction of sp³-hybridized carbons (Fsp3) is 1.00. The molecule has 88 valence electrons. The summed E-state index contributed by atoms with van der Waals surface area (Å²) >= 11 is 0. The lowest BCUT2D eigenvalue weighted by atomic mass is 9.56. The van der Waals surface area contributed by atoms with Gasteiger partial charge in [-0.3, -0.25) is 0 Å². The molecule has 0 heterocycles. The topological polar surface area (TPSA) is 0 Å². The average Bonchev–Trinajstić information content (AvgIpc) is 2.29. The van der Waals surface area contributed by atoms with Crippen molar-refractivity contribution >= 4 is 7.28 Å². The summed E-state index contributed by atoms with van der Waals surface area (Å²) in [5.74, 6) is 1.11. The normalized spacial score (nSPS) is 17.9. The summed E-state index contributed by atoms with van der Waals surface area (Å²) in [4.78, 5) is 0. The Hall–Kier alpha value is 0.0649. The standard InChI is InChI=1S/C14H29B/c1-2-3-4-5-6-10-13-15-14-11-8-7-9-12-14/h14-15H,2-13H2,1H3. The highest BCUT2D eigenvalue weighted by atomic mass is 14.1. The molecule has 0 aromatic carbocycles. The molecule has 0 aromatic heterocycles. The van der Waals surface area contributed by atoms with Crippen LogP contribution in [0.5, 0.6) is 0 Å². The minimum atomic E-state index is 1.11.